The summed E-state index contributed by atoms with van der Waals surface area (Å²) in [5.74, 6) is 0. The van der Waals surface area contributed by atoms with Crippen molar-refractivity contribution in [2.45, 2.75) is 17.1 Å². The summed E-state index contributed by atoms with van der Waals surface area (Å²) in [5, 5.41) is 0.194. The fourth-order valence-electron chi connectivity index (χ4n) is 0.510. The number of rotatable bonds is 0. The molecule has 1 rings (SSSR count). The highest BCUT2D eigenvalue weighted by Crippen LogP contribution is 2.03. The molecule has 1 heterocycles. The Labute approximate surface area is 98.2 Å². The zero-order valence-electron chi connectivity index (χ0n) is 6.41. The first kappa shape index (κ1) is 15.9. The van der Waals surface area contributed by atoms with E-state index < -0.39 is 4.30 Å². The van der Waals surface area contributed by atoms with Crippen molar-refractivity contribution < 1.29 is 4.74 Å². The molecule has 0 aliphatic carbocycles. The Morgan fingerprint density at radius 1 is 1.00 bits per heavy atom. The first-order chi connectivity index (χ1) is 5.65. The molecular formula is C6H11Cl5O. The second kappa shape index (κ2) is 14.9. The molecule has 6 heteroatoms. The van der Waals surface area contributed by atoms with E-state index in [2.05, 4.69) is 0 Å². The van der Waals surface area contributed by atoms with E-state index in [0.717, 1.165) is 13.2 Å². The number of ether oxygens (including phenoxy) is 1. The fraction of sp³-hybridized carbons (Fsp3) is 1.00. The van der Waals surface area contributed by atoms with Gasteiger partial charge >= 0.3 is 0 Å². The van der Waals surface area contributed by atoms with Crippen molar-refractivity contribution in [3.8, 4) is 0 Å². The highest BCUT2D eigenvalue weighted by atomic mass is 35.6. The van der Waals surface area contributed by atoms with Crippen LogP contribution in [0.4, 0.5) is 0 Å². The molecular weight excluding hydrogens is 265 g/mol. The first-order valence-corrected chi connectivity index (χ1v) is 5.64. The van der Waals surface area contributed by atoms with E-state index in [-0.39, 0.29) is 5.34 Å². The van der Waals surface area contributed by atoms with Crippen LogP contribution < -0.4 is 0 Å². The zero-order valence-corrected chi connectivity index (χ0v) is 10.2. The molecule has 0 saturated carbocycles. The van der Waals surface area contributed by atoms with Crippen LogP contribution in [0.3, 0.4) is 0 Å². The van der Waals surface area contributed by atoms with Crippen LogP contribution in [0.15, 0.2) is 0 Å². The third-order valence-corrected chi connectivity index (χ3v) is 0.827. The molecule has 0 spiro atoms. The smallest absolute Gasteiger partial charge is 0.180 e. The largest absolute Gasteiger partial charge is 0.381 e. The van der Waals surface area contributed by atoms with Gasteiger partial charge in [-0.3, -0.25) is 0 Å². The van der Waals surface area contributed by atoms with Crippen molar-refractivity contribution in [1.29, 1.82) is 0 Å². The van der Waals surface area contributed by atoms with Gasteiger partial charge in [-0.2, -0.15) is 0 Å². The molecule has 1 aliphatic heterocycles. The number of hydrogen-bond acceptors (Lipinski definition) is 1. The highest BCUT2D eigenvalue weighted by Gasteiger charge is 1.94. The van der Waals surface area contributed by atoms with Gasteiger partial charge in [0, 0.05) is 13.2 Å². The lowest BCUT2D eigenvalue weighted by atomic mass is 10.4. The zero-order chi connectivity index (χ0) is 9.82. The summed E-state index contributed by atoms with van der Waals surface area (Å²) in [5.41, 5.74) is 0. The van der Waals surface area contributed by atoms with Crippen LogP contribution in [0.5, 0.6) is 0 Å². The van der Waals surface area contributed by atoms with E-state index in [1.54, 1.807) is 0 Å². The van der Waals surface area contributed by atoms with Gasteiger partial charge in [0.15, 0.2) is 4.30 Å². The summed E-state index contributed by atoms with van der Waals surface area (Å²) < 4.78 is 4.19. The lowest BCUT2D eigenvalue weighted by Gasteiger charge is -1.76. The van der Waals surface area contributed by atoms with Gasteiger partial charge in [0.05, 0.1) is 5.34 Å². The summed E-state index contributed by atoms with van der Waals surface area (Å²) in [6.07, 6.45) is 2.56. The number of halogens is 5. The van der Waals surface area contributed by atoms with Crippen molar-refractivity contribution in [2.75, 3.05) is 18.6 Å². The summed E-state index contributed by atoms with van der Waals surface area (Å²) in [6.45, 7) is 2.00. The Bertz CT molecular complexity index is 56.6. The van der Waals surface area contributed by atoms with Gasteiger partial charge in [0.1, 0.15) is 0 Å². The maximum Gasteiger partial charge on any atom is 0.180 e. The molecule has 12 heavy (non-hydrogen) atoms. The predicted molar refractivity (Wildman–Crippen MR) is 58.0 cm³/mol. The van der Waals surface area contributed by atoms with Gasteiger partial charge in [0.25, 0.3) is 0 Å². The van der Waals surface area contributed by atoms with E-state index in [1.165, 1.54) is 12.8 Å². The van der Waals surface area contributed by atoms with Gasteiger partial charge in [-0.1, -0.05) is 34.8 Å². The summed E-state index contributed by atoms with van der Waals surface area (Å²) in [4.78, 5) is 0. The monoisotopic (exact) mass is 274 g/mol. The summed E-state index contributed by atoms with van der Waals surface area (Å²) >= 11 is 23.9. The SMILES string of the molecule is C1CCOC1.ClC(Cl)Cl.ClCCl. The molecule has 0 N–H and O–H groups in total. The molecule has 0 aromatic carbocycles. The molecule has 1 aliphatic rings. The van der Waals surface area contributed by atoms with Crippen molar-refractivity contribution in [3.05, 3.63) is 0 Å². The predicted octanol–water partition coefficient (Wildman–Crippen LogP) is 4.20. The molecule has 0 amide bonds. The van der Waals surface area contributed by atoms with Crippen molar-refractivity contribution in [3.63, 3.8) is 0 Å². The minimum absolute atomic E-state index is 0.194. The van der Waals surface area contributed by atoms with Gasteiger partial charge in [-0.15, -0.1) is 23.2 Å². The third kappa shape index (κ3) is 30.1. The minimum Gasteiger partial charge on any atom is -0.381 e. The van der Waals surface area contributed by atoms with Crippen LogP contribution in [0.1, 0.15) is 12.8 Å². The molecule has 0 bridgehead atoms. The molecule has 1 fully saturated rings. The Balaban J connectivity index is 0. The highest BCUT2D eigenvalue weighted by molar-refractivity contribution is 6.63. The van der Waals surface area contributed by atoms with E-state index in [1.807, 2.05) is 0 Å². The van der Waals surface area contributed by atoms with Gasteiger partial charge in [0.2, 0.25) is 0 Å². The van der Waals surface area contributed by atoms with Crippen LogP contribution in [0.25, 0.3) is 0 Å². The van der Waals surface area contributed by atoms with E-state index >= 15 is 0 Å². The Kier molecular flexibility index (Phi) is 19.7. The Hall–Kier alpha value is 1.41. The lowest BCUT2D eigenvalue weighted by Crippen LogP contribution is -1.74. The molecule has 0 aromatic heterocycles. The second-order valence-electron chi connectivity index (χ2n) is 1.67. The third-order valence-electron chi connectivity index (χ3n) is 0.827. The second-order valence-corrected chi connectivity index (χ2v) is 4.46. The average molecular weight is 276 g/mol. The molecule has 0 radical (unpaired) electrons. The molecule has 1 nitrogen and oxygen atoms in total. The average Bonchev–Trinajstić information content (AvgIpc) is 2.40. The number of hydrogen-bond donors (Lipinski definition) is 0. The number of alkyl halides is 5. The van der Waals surface area contributed by atoms with Crippen molar-refractivity contribution in [2.24, 2.45) is 0 Å². The summed E-state index contributed by atoms with van der Waals surface area (Å²) in [7, 11) is 0. The lowest BCUT2D eigenvalue weighted by molar-refractivity contribution is 0.198. The first-order valence-electron chi connectivity index (χ1n) is 3.27. The molecule has 76 valence electrons. The van der Waals surface area contributed by atoms with Gasteiger partial charge in [-0.05, 0) is 12.8 Å². The minimum atomic E-state index is -0.750. The molecule has 0 aromatic rings. The Morgan fingerprint density at radius 2 is 1.25 bits per heavy atom. The van der Waals surface area contributed by atoms with Crippen LogP contribution in [0, 0.1) is 0 Å². The topological polar surface area (TPSA) is 9.23 Å². The van der Waals surface area contributed by atoms with E-state index in [0.29, 0.717) is 0 Å². The van der Waals surface area contributed by atoms with Crippen molar-refractivity contribution >= 4 is 58.0 Å². The van der Waals surface area contributed by atoms with E-state index in [4.69, 9.17) is 62.7 Å². The van der Waals surface area contributed by atoms with E-state index in [9.17, 15) is 0 Å². The quantitative estimate of drug-likeness (QED) is 0.602. The van der Waals surface area contributed by atoms with Crippen molar-refractivity contribution in [1.82, 2.24) is 0 Å². The normalized spacial score (nSPS) is 14.5. The van der Waals surface area contributed by atoms with Gasteiger partial charge < -0.3 is 4.74 Å². The van der Waals surface area contributed by atoms with Gasteiger partial charge in [-0.25, -0.2) is 0 Å². The van der Waals surface area contributed by atoms with Crippen LogP contribution in [-0.4, -0.2) is 22.8 Å². The standard InChI is InChI=1S/C4H8O.CHCl3.CH2Cl2/c1-2-4-5-3-1;2-1(3)4;2-1-3/h1-4H2;1H;1H2. The fourth-order valence-corrected chi connectivity index (χ4v) is 0.510. The maximum atomic E-state index is 4.94. The van der Waals surface area contributed by atoms with Crippen LogP contribution >= 0.6 is 58.0 Å². The Morgan fingerprint density at radius 3 is 1.33 bits per heavy atom. The molecule has 1 saturated heterocycles. The van der Waals surface area contributed by atoms with Crippen LogP contribution in [0.2, 0.25) is 0 Å². The maximum absolute atomic E-state index is 4.94. The molecule has 0 unspecified atom stereocenters. The van der Waals surface area contributed by atoms with Crippen LogP contribution in [-0.2, 0) is 4.74 Å². The summed E-state index contributed by atoms with van der Waals surface area (Å²) in [6, 6.07) is 0. The molecule has 0 atom stereocenters.